The largest absolute Gasteiger partial charge is 0.349 e. The fraction of sp³-hybridized carbons (Fsp3) is 0.500. The Morgan fingerprint density at radius 1 is 1.58 bits per heavy atom. The second kappa shape index (κ2) is 6.30. The molecule has 19 heavy (non-hydrogen) atoms. The van der Waals surface area contributed by atoms with Crippen LogP contribution in [-0.4, -0.2) is 41.5 Å². The molecule has 0 saturated carbocycles. The SMILES string of the molecule is Cc1cc(C(=O)NC2CCN(CC#N)CC2)ccn1. The third-order valence-corrected chi connectivity index (χ3v) is 3.38. The van der Waals surface area contributed by atoms with Gasteiger partial charge in [-0.3, -0.25) is 14.7 Å². The molecule has 1 N–H and O–H groups in total. The predicted molar refractivity (Wildman–Crippen MR) is 71.5 cm³/mol. The monoisotopic (exact) mass is 258 g/mol. The first kappa shape index (κ1) is 13.5. The van der Waals surface area contributed by atoms with Crippen molar-refractivity contribution in [2.75, 3.05) is 19.6 Å². The van der Waals surface area contributed by atoms with E-state index in [1.165, 1.54) is 0 Å². The van der Waals surface area contributed by atoms with Crippen LogP contribution in [0.15, 0.2) is 18.3 Å². The number of rotatable bonds is 3. The average molecular weight is 258 g/mol. The Kier molecular flexibility index (Phi) is 4.48. The molecule has 100 valence electrons. The van der Waals surface area contributed by atoms with Crippen LogP contribution in [0.1, 0.15) is 28.9 Å². The Balaban J connectivity index is 1.86. The van der Waals surface area contributed by atoms with Gasteiger partial charge < -0.3 is 5.32 Å². The van der Waals surface area contributed by atoms with E-state index in [9.17, 15) is 4.79 Å². The summed E-state index contributed by atoms with van der Waals surface area (Å²) in [5, 5.41) is 11.7. The number of hydrogen-bond acceptors (Lipinski definition) is 4. The van der Waals surface area contributed by atoms with Gasteiger partial charge in [0.05, 0.1) is 12.6 Å². The van der Waals surface area contributed by atoms with E-state index in [2.05, 4.69) is 21.3 Å². The number of nitriles is 1. The predicted octanol–water partition coefficient (Wildman–Crippen LogP) is 1.11. The first-order valence-corrected chi connectivity index (χ1v) is 6.52. The number of pyridine rings is 1. The molecular formula is C14H18N4O. The van der Waals surface area contributed by atoms with Gasteiger partial charge in [0.2, 0.25) is 0 Å². The van der Waals surface area contributed by atoms with Gasteiger partial charge in [0.1, 0.15) is 0 Å². The van der Waals surface area contributed by atoms with Crippen LogP contribution in [0.25, 0.3) is 0 Å². The summed E-state index contributed by atoms with van der Waals surface area (Å²) in [6, 6.07) is 5.88. The highest BCUT2D eigenvalue weighted by Gasteiger charge is 2.20. The summed E-state index contributed by atoms with van der Waals surface area (Å²) in [6.45, 7) is 4.09. The number of nitrogens with one attached hydrogen (secondary N) is 1. The summed E-state index contributed by atoms with van der Waals surface area (Å²) in [4.78, 5) is 18.3. The molecular weight excluding hydrogens is 240 g/mol. The Bertz CT molecular complexity index is 486. The third-order valence-electron chi connectivity index (χ3n) is 3.38. The van der Waals surface area contributed by atoms with Crippen molar-refractivity contribution in [3.05, 3.63) is 29.6 Å². The third kappa shape index (κ3) is 3.76. The molecule has 1 aliphatic rings. The number of carbonyl (C=O) groups excluding carboxylic acids is 1. The molecule has 1 fully saturated rings. The molecule has 0 unspecified atom stereocenters. The van der Waals surface area contributed by atoms with Crippen LogP contribution in [0.4, 0.5) is 0 Å². The maximum absolute atomic E-state index is 12.1. The molecule has 0 bridgehead atoms. The van der Waals surface area contributed by atoms with Gasteiger partial charge in [-0.05, 0) is 31.9 Å². The molecule has 0 radical (unpaired) electrons. The lowest BCUT2D eigenvalue weighted by Gasteiger charge is -2.30. The van der Waals surface area contributed by atoms with E-state index in [4.69, 9.17) is 5.26 Å². The zero-order valence-electron chi connectivity index (χ0n) is 11.1. The summed E-state index contributed by atoms with van der Waals surface area (Å²) in [5.74, 6) is -0.0377. The summed E-state index contributed by atoms with van der Waals surface area (Å²) >= 11 is 0. The number of carbonyl (C=O) groups is 1. The van der Waals surface area contributed by atoms with Gasteiger partial charge in [0, 0.05) is 36.6 Å². The molecule has 0 spiro atoms. The summed E-state index contributed by atoms with van der Waals surface area (Å²) in [6.07, 6.45) is 3.45. The van der Waals surface area contributed by atoms with Gasteiger partial charge in [-0.25, -0.2) is 0 Å². The van der Waals surface area contributed by atoms with Gasteiger partial charge in [-0.1, -0.05) is 0 Å². The van der Waals surface area contributed by atoms with Crippen LogP contribution in [0.3, 0.4) is 0 Å². The Morgan fingerprint density at radius 2 is 2.32 bits per heavy atom. The van der Waals surface area contributed by atoms with E-state index >= 15 is 0 Å². The van der Waals surface area contributed by atoms with Crippen molar-refractivity contribution in [3.8, 4) is 6.07 Å². The van der Waals surface area contributed by atoms with Gasteiger partial charge >= 0.3 is 0 Å². The first-order chi connectivity index (χ1) is 9.19. The van der Waals surface area contributed by atoms with Crippen molar-refractivity contribution in [1.82, 2.24) is 15.2 Å². The van der Waals surface area contributed by atoms with Crippen LogP contribution < -0.4 is 5.32 Å². The lowest BCUT2D eigenvalue weighted by atomic mass is 10.0. The average Bonchev–Trinajstić information content (AvgIpc) is 2.41. The number of amides is 1. The van der Waals surface area contributed by atoms with Crippen LogP contribution in [-0.2, 0) is 0 Å². The van der Waals surface area contributed by atoms with E-state index in [0.717, 1.165) is 31.6 Å². The molecule has 2 rings (SSSR count). The van der Waals surface area contributed by atoms with Crippen molar-refractivity contribution in [3.63, 3.8) is 0 Å². The molecule has 1 aliphatic heterocycles. The first-order valence-electron chi connectivity index (χ1n) is 6.52. The molecule has 0 aliphatic carbocycles. The topological polar surface area (TPSA) is 69.0 Å². The minimum absolute atomic E-state index is 0.0377. The smallest absolute Gasteiger partial charge is 0.251 e. The molecule has 5 heteroatoms. The molecule has 0 atom stereocenters. The molecule has 5 nitrogen and oxygen atoms in total. The van der Waals surface area contributed by atoms with E-state index in [-0.39, 0.29) is 11.9 Å². The van der Waals surface area contributed by atoms with Crippen LogP contribution in [0.5, 0.6) is 0 Å². The minimum atomic E-state index is -0.0377. The molecule has 1 saturated heterocycles. The van der Waals surface area contributed by atoms with Gasteiger partial charge in [0.15, 0.2) is 0 Å². The van der Waals surface area contributed by atoms with Crippen molar-refractivity contribution in [2.24, 2.45) is 0 Å². The lowest BCUT2D eigenvalue weighted by Crippen LogP contribution is -2.44. The maximum atomic E-state index is 12.1. The van der Waals surface area contributed by atoms with E-state index in [0.29, 0.717) is 12.1 Å². The number of aromatic nitrogens is 1. The molecule has 2 heterocycles. The number of piperidine rings is 1. The fourth-order valence-corrected chi connectivity index (χ4v) is 2.29. The van der Waals surface area contributed by atoms with Crippen molar-refractivity contribution < 1.29 is 4.79 Å². The van der Waals surface area contributed by atoms with Crippen LogP contribution >= 0.6 is 0 Å². The van der Waals surface area contributed by atoms with Crippen molar-refractivity contribution >= 4 is 5.91 Å². The molecule has 1 amide bonds. The summed E-state index contributed by atoms with van der Waals surface area (Å²) in [7, 11) is 0. The minimum Gasteiger partial charge on any atom is -0.349 e. The zero-order chi connectivity index (χ0) is 13.7. The highest BCUT2D eigenvalue weighted by molar-refractivity contribution is 5.94. The second-order valence-corrected chi connectivity index (χ2v) is 4.87. The van der Waals surface area contributed by atoms with Gasteiger partial charge in [-0.2, -0.15) is 5.26 Å². The summed E-state index contributed by atoms with van der Waals surface area (Å²) in [5.41, 5.74) is 1.50. The quantitative estimate of drug-likeness (QED) is 0.824. The molecule has 1 aromatic rings. The van der Waals surface area contributed by atoms with E-state index < -0.39 is 0 Å². The number of hydrogen-bond donors (Lipinski definition) is 1. The van der Waals surface area contributed by atoms with Gasteiger partial charge in [0.25, 0.3) is 5.91 Å². The normalized spacial score (nSPS) is 16.8. The van der Waals surface area contributed by atoms with E-state index in [1.807, 2.05) is 6.92 Å². The zero-order valence-corrected chi connectivity index (χ0v) is 11.1. The van der Waals surface area contributed by atoms with E-state index in [1.54, 1.807) is 18.3 Å². The standard InChI is InChI=1S/C14H18N4O/c1-11-10-12(2-6-16-11)14(19)17-13-3-7-18(8-4-13)9-5-15/h2,6,10,13H,3-4,7-9H2,1H3,(H,17,19). The van der Waals surface area contributed by atoms with Crippen LogP contribution in [0, 0.1) is 18.3 Å². The number of nitrogens with zero attached hydrogens (tertiary/aromatic N) is 3. The lowest BCUT2D eigenvalue weighted by molar-refractivity contribution is 0.0914. The highest BCUT2D eigenvalue weighted by atomic mass is 16.1. The highest BCUT2D eigenvalue weighted by Crippen LogP contribution is 2.11. The maximum Gasteiger partial charge on any atom is 0.251 e. The van der Waals surface area contributed by atoms with Crippen molar-refractivity contribution in [1.29, 1.82) is 5.26 Å². The number of likely N-dealkylation sites (tertiary alicyclic amines) is 1. The van der Waals surface area contributed by atoms with Gasteiger partial charge in [-0.15, -0.1) is 0 Å². The van der Waals surface area contributed by atoms with Crippen molar-refractivity contribution in [2.45, 2.75) is 25.8 Å². The second-order valence-electron chi connectivity index (χ2n) is 4.87. The Labute approximate surface area is 113 Å². The molecule has 1 aromatic heterocycles. The molecule has 0 aromatic carbocycles. The van der Waals surface area contributed by atoms with Crippen LogP contribution in [0.2, 0.25) is 0 Å². The fourth-order valence-electron chi connectivity index (χ4n) is 2.29. The Morgan fingerprint density at radius 3 is 2.95 bits per heavy atom. The Hall–Kier alpha value is -1.93. The number of aryl methyl sites for hydroxylation is 1. The summed E-state index contributed by atoms with van der Waals surface area (Å²) < 4.78 is 0.